The van der Waals surface area contributed by atoms with E-state index in [1.807, 2.05) is 6.92 Å². The maximum Gasteiger partial charge on any atom is 0.354 e. The molecular weight excluding hydrogens is 250 g/mol. The lowest BCUT2D eigenvalue weighted by molar-refractivity contribution is 0.0690. The number of methoxy groups -OCH3 is 1. The summed E-state index contributed by atoms with van der Waals surface area (Å²) in [6.45, 7) is 2.43. The van der Waals surface area contributed by atoms with Gasteiger partial charge in [0.1, 0.15) is 5.69 Å². The van der Waals surface area contributed by atoms with Gasteiger partial charge in [-0.3, -0.25) is 0 Å². The number of aromatic nitrogens is 1. The van der Waals surface area contributed by atoms with Gasteiger partial charge in [0.25, 0.3) is 0 Å². The SMILES string of the molecule is COCCC(C)NC(=O)Nc1ccc(C(=O)O)nc1. The molecule has 1 aromatic heterocycles. The molecule has 0 aliphatic carbocycles. The smallest absolute Gasteiger partial charge is 0.354 e. The van der Waals surface area contributed by atoms with E-state index in [1.165, 1.54) is 18.3 Å². The lowest BCUT2D eigenvalue weighted by atomic mass is 10.2. The number of ether oxygens (including phenoxy) is 1. The molecule has 0 aliphatic rings. The third-order valence-corrected chi connectivity index (χ3v) is 2.37. The van der Waals surface area contributed by atoms with Gasteiger partial charge in [0.05, 0.1) is 11.9 Å². The fourth-order valence-electron chi connectivity index (χ4n) is 1.35. The van der Waals surface area contributed by atoms with Gasteiger partial charge in [-0.15, -0.1) is 0 Å². The van der Waals surface area contributed by atoms with Crippen molar-refractivity contribution in [3.8, 4) is 0 Å². The quantitative estimate of drug-likeness (QED) is 0.721. The van der Waals surface area contributed by atoms with Gasteiger partial charge in [0.2, 0.25) is 0 Å². The first-order valence-electron chi connectivity index (χ1n) is 5.78. The zero-order chi connectivity index (χ0) is 14.3. The molecular formula is C12H17N3O4. The van der Waals surface area contributed by atoms with Crippen LogP contribution in [0.2, 0.25) is 0 Å². The number of carbonyl (C=O) groups is 2. The first-order valence-corrected chi connectivity index (χ1v) is 5.78. The van der Waals surface area contributed by atoms with E-state index in [2.05, 4.69) is 15.6 Å². The van der Waals surface area contributed by atoms with Crippen LogP contribution in [-0.2, 0) is 4.74 Å². The van der Waals surface area contributed by atoms with Crippen LogP contribution in [0, 0.1) is 0 Å². The number of hydrogen-bond acceptors (Lipinski definition) is 4. The Bertz CT molecular complexity index is 433. The second-order valence-electron chi connectivity index (χ2n) is 4.02. The third kappa shape index (κ3) is 5.35. The van der Waals surface area contributed by atoms with E-state index in [9.17, 15) is 9.59 Å². The van der Waals surface area contributed by atoms with Gasteiger partial charge < -0.3 is 20.5 Å². The minimum Gasteiger partial charge on any atom is -0.477 e. The Morgan fingerprint density at radius 3 is 2.74 bits per heavy atom. The average molecular weight is 267 g/mol. The number of nitrogens with one attached hydrogen (secondary N) is 2. The third-order valence-electron chi connectivity index (χ3n) is 2.37. The largest absolute Gasteiger partial charge is 0.477 e. The summed E-state index contributed by atoms with van der Waals surface area (Å²) in [6.07, 6.45) is 2.00. The molecule has 7 nitrogen and oxygen atoms in total. The van der Waals surface area contributed by atoms with Crippen molar-refractivity contribution in [1.82, 2.24) is 10.3 Å². The zero-order valence-corrected chi connectivity index (χ0v) is 10.8. The fraction of sp³-hybridized carbons (Fsp3) is 0.417. The number of hydrogen-bond donors (Lipinski definition) is 3. The normalized spacial score (nSPS) is 11.7. The number of carboxylic acid groups (broad SMARTS) is 1. The number of rotatable bonds is 6. The Morgan fingerprint density at radius 2 is 2.21 bits per heavy atom. The van der Waals surface area contributed by atoms with Crippen LogP contribution < -0.4 is 10.6 Å². The Balaban J connectivity index is 2.45. The lowest BCUT2D eigenvalue weighted by Crippen LogP contribution is -2.36. The summed E-state index contributed by atoms with van der Waals surface area (Å²) >= 11 is 0. The zero-order valence-electron chi connectivity index (χ0n) is 10.8. The molecule has 0 saturated heterocycles. The van der Waals surface area contributed by atoms with Crippen molar-refractivity contribution >= 4 is 17.7 Å². The Hall–Kier alpha value is -2.15. The molecule has 0 aromatic carbocycles. The number of urea groups is 1. The summed E-state index contributed by atoms with van der Waals surface area (Å²) in [5.74, 6) is -1.11. The molecule has 0 radical (unpaired) electrons. The van der Waals surface area contributed by atoms with Crippen LogP contribution in [0.4, 0.5) is 10.5 Å². The molecule has 0 spiro atoms. The molecule has 3 N–H and O–H groups in total. The van der Waals surface area contributed by atoms with Gasteiger partial charge >= 0.3 is 12.0 Å². The van der Waals surface area contributed by atoms with Crippen LogP contribution in [-0.4, -0.2) is 41.8 Å². The molecule has 19 heavy (non-hydrogen) atoms. The Morgan fingerprint density at radius 1 is 1.47 bits per heavy atom. The van der Waals surface area contributed by atoms with Crippen LogP contribution in [0.5, 0.6) is 0 Å². The van der Waals surface area contributed by atoms with Gasteiger partial charge in [-0.05, 0) is 25.5 Å². The maximum absolute atomic E-state index is 11.6. The standard InChI is InChI=1S/C12H17N3O4/c1-8(5-6-19-2)14-12(18)15-9-3-4-10(11(16)17)13-7-9/h3-4,7-8H,5-6H2,1-2H3,(H,16,17)(H2,14,15,18). The van der Waals surface area contributed by atoms with E-state index in [1.54, 1.807) is 7.11 Å². The number of carbonyl (C=O) groups excluding carboxylic acids is 1. The molecule has 1 rings (SSSR count). The fourth-order valence-corrected chi connectivity index (χ4v) is 1.35. The molecule has 0 aliphatic heterocycles. The number of anilines is 1. The predicted octanol–water partition coefficient (Wildman–Crippen LogP) is 1.33. The number of aromatic carboxylic acids is 1. The first kappa shape index (κ1) is 14.9. The van der Waals surface area contributed by atoms with E-state index >= 15 is 0 Å². The van der Waals surface area contributed by atoms with Crippen molar-refractivity contribution in [2.75, 3.05) is 19.0 Å². The topological polar surface area (TPSA) is 101 Å². The summed E-state index contributed by atoms with van der Waals surface area (Å²) in [6, 6.07) is 2.42. The summed E-state index contributed by atoms with van der Waals surface area (Å²) in [5, 5.41) is 14.0. The molecule has 1 atom stereocenters. The van der Waals surface area contributed by atoms with E-state index in [-0.39, 0.29) is 17.8 Å². The van der Waals surface area contributed by atoms with Gasteiger partial charge in [0, 0.05) is 19.8 Å². The minimum absolute atomic E-state index is 0.0220. The van der Waals surface area contributed by atoms with Crippen molar-refractivity contribution in [1.29, 1.82) is 0 Å². The summed E-state index contributed by atoms with van der Waals surface area (Å²) in [4.78, 5) is 25.9. The molecule has 0 bridgehead atoms. The van der Waals surface area contributed by atoms with E-state index < -0.39 is 5.97 Å². The van der Waals surface area contributed by atoms with Crippen LogP contribution in [0.1, 0.15) is 23.8 Å². The Kier molecular flexibility index (Phi) is 5.74. The van der Waals surface area contributed by atoms with Crippen molar-refractivity contribution in [2.45, 2.75) is 19.4 Å². The Labute approximate surface area is 111 Å². The van der Waals surface area contributed by atoms with Gasteiger partial charge in [0.15, 0.2) is 0 Å². The van der Waals surface area contributed by atoms with E-state index in [0.717, 1.165) is 0 Å². The second-order valence-corrected chi connectivity index (χ2v) is 4.02. The summed E-state index contributed by atoms with van der Waals surface area (Å²) in [5.41, 5.74) is 0.362. The predicted molar refractivity (Wildman–Crippen MR) is 69.3 cm³/mol. The molecule has 1 unspecified atom stereocenters. The summed E-state index contributed by atoms with van der Waals surface area (Å²) in [7, 11) is 1.60. The highest BCUT2D eigenvalue weighted by molar-refractivity contribution is 5.90. The van der Waals surface area contributed by atoms with Crippen molar-refractivity contribution in [3.63, 3.8) is 0 Å². The molecule has 1 aromatic rings. The van der Waals surface area contributed by atoms with E-state index in [0.29, 0.717) is 18.7 Å². The molecule has 1 heterocycles. The van der Waals surface area contributed by atoms with Crippen molar-refractivity contribution in [2.24, 2.45) is 0 Å². The minimum atomic E-state index is -1.11. The highest BCUT2D eigenvalue weighted by atomic mass is 16.5. The highest BCUT2D eigenvalue weighted by Gasteiger charge is 2.08. The number of pyridine rings is 1. The lowest BCUT2D eigenvalue weighted by Gasteiger charge is -2.14. The summed E-state index contributed by atoms with van der Waals surface area (Å²) < 4.78 is 4.91. The van der Waals surface area contributed by atoms with Crippen LogP contribution in [0.3, 0.4) is 0 Å². The monoisotopic (exact) mass is 267 g/mol. The van der Waals surface area contributed by atoms with Gasteiger partial charge in [-0.25, -0.2) is 14.6 Å². The van der Waals surface area contributed by atoms with Gasteiger partial charge in [-0.1, -0.05) is 0 Å². The van der Waals surface area contributed by atoms with Crippen LogP contribution in [0.25, 0.3) is 0 Å². The highest BCUT2D eigenvalue weighted by Crippen LogP contribution is 2.06. The number of nitrogens with zero attached hydrogens (tertiary/aromatic N) is 1. The molecule has 104 valence electrons. The first-order chi connectivity index (χ1) is 9.02. The molecule has 0 fully saturated rings. The van der Waals surface area contributed by atoms with Crippen LogP contribution in [0.15, 0.2) is 18.3 Å². The second kappa shape index (κ2) is 7.32. The number of carboxylic acids is 1. The van der Waals surface area contributed by atoms with Crippen LogP contribution >= 0.6 is 0 Å². The van der Waals surface area contributed by atoms with Crippen molar-refractivity contribution in [3.05, 3.63) is 24.0 Å². The maximum atomic E-state index is 11.6. The molecule has 7 heteroatoms. The van der Waals surface area contributed by atoms with E-state index in [4.69, 9.17) is 9.84 Å². The van der Waals surface area contributed by atoms with Crippen molar-refractivity contribution < 1.29 is 19.4 Å². The molecule has 0 saturated carbocycles. The van der Waals surface area contributed by atoms with Gasteiger partial charge in [-0.2, -0.15) is 0 Å². The number of amides is 2. The average Bonchev–Trinajstić information content (AvgIpc) is 2.36. The molecule has 2 amide bonds.